The molecule has 0 bridgehead atoms. The van der Waals surface area contributed by atoms with Gasteiger partial charge in [-0.25, -0.2) is 0 Å². The van der Waals surface area contributed by atoms with Gasteiger partial charge in [0.25, 0.3) is 0 Å². The first-order valence-corrected chi connectivity index (χ1v) is 9.68. The van der Waals surface area contributed by atoms with Gasteiger partial charge in [0.2, 0.25) is 0 Å². The normalized spacial score (nSPS) is 13.0. The van der Waals surface area contributed by atoms with Crippen LogP contribution in [0.1, 0.15) is 23.2 Å². The van der Waals surface area contributed by atoms with Gasteiger partial charge >= 0.3 is 0 Å². The van der Waals surface area contributed by atoms with Gasteiger partial charge in [0.05, 0.1) is 17.3 Å². The summed E-state index contributed by atoms with van der Waals surface area (Å²) < 4.78 is 0. The van der Waals surface area contributed by atoms with Crippen molar-refractivity contribution in [1.29, 1.82) is 0 Å². The highest BCUT2D eigenvalue weighted by Crippen LogP contribution is 2.35. The van der Waals surface area contributed by atoms with Gasteiger partial charge in [-0.2, -0.15) is 0 Å². The van der Waals surface area contributed by atoms with Crippen LogP contribution in [0.15, 0.2) is 104 Å². The molecule has 0 aliphatic carbocycles. The summed E-state index contributed by atoms with van der Waals surface area (Å²) in [5, 5.41) is 5.49. The lowest BCUT2D eigenvalue weighted by Crippen LogP contribution is -2.19. The molecule has 138 valence electrons. The van der Waals surface area contributed by atoms with Gasteiger partial charge in [-0.3, -0.25) is 4.98 Å². The fraction of sp³-hybridized carbons (Fsp3) is 0.0800. The Labute approximate surface area is 170 Å². The van der Waals surface area contributed by atoms with Crippen LogP contribution in [-0.2, 0) is 0 Å². The number of fused-ring (bicyclic) bond motifs is 1. The molecule has 0 spiro atoms. The van der Waals surface area contributed by atoms with E-state index in [4.69, 9.17) is 16.6 Å². The van der Waals surface area contributed by atoms with Crippen molar-refractivity contribution >= 4 is 28.2 Å². The summed E-state index contributed by atoms with van der Waals surface area (Å²) in [7, 11) is 0. The Bertz CT molecular complexity index is 1070. The Morgan fingerprint density at radius 1 is 0.821 bits per heavy atom. The van der Waals surface area contributed by atoms with Gasteiger partial charge in [-0.15, -0.1) is 6.58 Å². The number of para-hydroxylation sites is 1. The minimum Gasteiger partial charge on any atom is -0.376 e. The van der Waals surface area contributed by atoms with Crippen molar-refractivity contribution in [3.05, 3.63) is 120 Å². The molecule has 4 rings (SSSR count). The molecule has 0 aliphatic rings. The van der Waals surface area contributed by atoms with Gasteiger partial charge < -0.3 is 5.32 Å². The van der Waals surface area contributed by atoms with E-state index in [1.807, 2.05) is 54.6 Å². The molecule has 4 aromatic rings. The smallest absolute Gasteiger partial charge is 0.0788 e. The molecule has 2 nitrogen and oxygen atoms in total. The van der Waals surface area contributed by atoms with Crippen LogP contribution < -0.4 is 5.32 Å². The van der Waals surface area contributed by atoms with E-state index in [2.05, 4.69) is 54.4 Å². The molecule has 0 amide bonds. The van der Waals surface area contributed by atoms with E-state index in [-0.39, 0.29) is 12.0 Å². The first-order chi connectivity index (χ1) is 13.7. The van der Waals surface area contributed by atoms with Crippen LogP contribution in [0, 0.1) is 0 Å². The zero-order valence-electron chi connectivity index (χ0n) is 15.4. The molecule has 0 radical (unpaired) electrons. The molecule has 1 N–H and O–H groups in total. The van der Waals surface area contributed by atoms with Crippen LogP contribution in [0.3, 0.4) is 0 Å². The van der Waals surface area contributed by atoms with Crippen molar-refractivity contribution in [3.63, 3.8) is 0 Å². The highest BCUT2D eigenvalue weighted by atomic mass is 35.5. The molecule has 28 heavy (non-hydrogen) atoms. The van der Waals surface area contributed by atoms with Crippen molar-refractivity contribution in [2.24, 2.45) is 0 Å². The average molecular weight is 385 g/mol. The predicted molar refractivity (Wildman–Crippen MR) is 119 cm³/mol. The lowest BCUT2D eigenvalue weighted by Gasteiger charge is -2.27. The number of nitrogens with one attached hydrogen (secondary N) is 1. The number of hydrogen-bond acceptors (Lipinski definition) is 2. The Morgan fingerprint density at radius 3 is 2.29 bits per heavy atom. The molecular weight excluding hydrogens is 364 g/mol. The van der Waals surface area contributed by atoms with Crippen molar-refractivity contribution in [3.8, 4) is 0 Å². The van der Waals surface area contributed by atoms with Crippen LogP contribution in [0.5, 0.6) is 0 Å². The molecule has 3 aromatic carbocycles. The van der Waals surface area contributed by atoms with E-state index < -0.39 is 0 Å². The third kappa shape index (κ3) is 3.92. The van der Waals surface area contributed by atoms with Gasteiger partial charge in [0.1, 0.15) is 0 Å². The molecule has 0 aliphatic heterocycles. The lowest BCUT2D eigenvalue weighted by atomic mass is 9.88. The van der Waals surface area contributed by atoms with Crippen LogP contribution in [0.25, 0.3) is 10.9 Å². The highest BCUT2D eigenvalue weighted by Gasteiger charge is 2.24. The Balaban J connectivity index is 1.79. The summed E-state index contributed by atoms with van der Waals surface area (Å²) in [6.07, 6.45) is 1.99. The summed E-state index contributed by atoms with van der Waals surface area (Å²) in [6.45, 7) is 4.11. The zero-order chi connectivity index (χ0) is 19.3. The number of hydrogen-bond donors (Lipinski definition) is 1. The Morgan fingerprint density at radius 2 is 1.54 bits per heavy atom. The van der Waals surface area contributed by atoms with Crippen LogP contribution in [0.2, 0.25) is 5.02 Å². The number of halogens is 1. The molecule has 0 saturated heterocycles. The number of aromatic nitrogens is 1. The molecule has 0 fully saturated rings. The van der Waals surface area contributed by atoms with Crippen LogP contribution in [-0.4, -0.2) is 4.98 Å². The van der Waals surface area contributed by atoms with Crippen molar-refractivity contribution < 1.29 is 0 Å². The Hall–Kier alpha value is -3.10. The Kier molecular flexibility index (Phi) is 5.41. The largest absolute Gasteiger partial charge is 0.376 e. The van der Waals surface area contributed by atoms with Crippen molar-refractivity contribution in [1.82, 2.24) is 4.98 Å². The van der Waals surface area contributed by atoms with Gasteiger partial charge in [0, 0.05) is 22.0 Å². The minimum atomic E-state index is -0.0642. The summed E-state index contributed by atoms with van der Waals surface area (Å²) in [5.41, 5.74) is 4.15. The minimum absolute atomic E-state index is 0.0607. The lowest BCUT2D eigenvalue weighted by molar-refractivity contribution is 0.674. The predicted octanol–water partition coefficient (Wildman–Crippen LogP) is 7.01. The topological polar surface area (TPSA) is 24.9 Å². The third-order valence-electron chi connectivity index (χ3n) is 4.90. The maximum absolute atomic E-state index is 6.06. The molecule has 2 atom stereocenters. The van der Waals surface area contributed by atoms with E-state index in [1.165, 1.54) is 5.56 Å². The van der Waals surface area contributed by atoms with Gasteiger partial charge in [-0.1, -0.05) is 72.3 Å². The van der Waals surface area contributed by atoms with E-state index in [9.17, 15) is 0 Å². The standard InChI is InChI=1S/C25H21ClN2/c1-2-22(18-8-4-3-5-9-18)25(27-21-15-13-20(26)14-16-21)24-17-12-19-10-6-7-11-23(19)28-24/h2-17,22,25,27H,1H2/t22-,25-/m1/s1. The second-order valence-electron chi connectivity index (χ2n) is 6.73. The quantitative estimate of drug-likeness (QED) is 0.361. The first kappa shape index (κ1) is 18.3. The zero-order valence-corrected chi connectivity index (χ0v) is 16.2. The number of pyridine rings is 1. The maximum atomic E-state index is 6.06. The second kappa shape index (κ2) is 8.28. The SMILES string of the molecule is C=C[C@H](c1ccccc1)[C@@H](Nc1ccc(Cl)cc1)c1ccc2ccccc2n1. The van der Waals surface area contributed by atoms with E-state index in [0.29, 0.717) is 5.02 Å². The van der Waals surface area contributed by atoms with Crippen LogP contribution in [0.4, 0.5) is 5.69 Å². The number of rotatable bonds is 6. The number of nitrogens with zero attached hydrogens (tertiary/aromatic N) is 1. The van der Waals surface area contributed by atoms with Gasteiger partial charge in [0.15, 0.2) is 0 Å². The van der Waals surface area contributed by atoms with Crippen molar-refractivity contribution in [2.75, 3.05) is 5.32 Å². The molecular formula is C25H21ClN2. The maximum Gasteiger partial charge on any atom is 0.0788 e. The number of anilines is 1. The summed E-state index contributed by atoms with van der Waals surface area (Å²) in [5.74, 6) is 0.0607. The average Bonchev–Trinajstić information content (AvgIpc) is 2.75. The molecule has 3 heteroatoms. The van der Waals surface area contributed by atoms with Crippen molar-refractivity contribution in [2.45, 2.75) is 12.0 Å². The van der Waals surface area contributed by atoms with Gasteiger partial charge in [-0.05, 0) is 42.0 Å². The third-order valence-corrected chi connectivity index (χ3v) is 5.15. The summed E-state index contributed by atoms with van der Waals surface area (Å²) in [6, 6.07) is 30.5. The molecule has 0 unspecified atom stereocenters. The highest BCUT2D eigenvalue weighted by molar-refractivity contribution is 6.30. The summed E-state index contributed by atoms with van der Waals surface area (Å²) in [4.78, 5) is 4.95. The fourth-order valence-electron chi connectivity index (χ4n) is 3.47. The second-order valence-corrected chi connectivity index (χ2v) is 7.17. The number of benzene rings is 3. The summed E-state index contributed by atoms with van der Waals surface area (Å²) >= 11 is 6.06. The molecule has 1 heterocycles. The van der Waals surface area contributed by atoms with E-state index >= 15 is 0 Å². The van der Waals surface area contributed by atoms with E-state index in [1.54, 1.807) is 0 Å². The molecule has 0 saturated carbocycles. The first-order valence-electron chi connectivity index (χ1n) is 9.30. The van der Waals surface area contributed by atoms with Crippen LogP contribution >= 0.6 is 11.6 Å². The fourth-order valence-corrected chi connectivity index (χ4v) is 3.59. The van der Waals surface area contributed by atoms with E-state index in [0.717, 1.165) is 22.3 Å². The molecule has 1 aromatic heterocycles. The monoisotopic (exact) mass is 384 g/mol.